The molecule has 4 saturated heterocycles. The summed E-state index contributed by atoms with van der Waals surface area (Å²) in [7, 11) is -4.24. The Kier molecular flexibility index (Phi) is 12.2. The molecule has 5 aliphatic rings. The van der Waals surface area contributed by atoms with Crippen molar-refractivity contribution in [2.75, 3.05) is 55.4 Å². The number of nitriles is 1. The van der Waals surface area contributed by atoms with Gasteiger partial charge in [-0.15, -0.1) is 0 Å². The molecule has 19 heteroatoms. The number of hydrogen-bond acceptors (Lipinski definition) is 11. The summed E-state index contributed by atoms with van der Waals surface area (Å²) in [5.41, 5.74) is 3.69. The minimum absolute atomic E-state index is 0.0230. The van der Waals surface area contributed by atoms with Crippen molar-refractivity contribution in [3.63, 3.8) is 0 Å². The van der Waals surface area contributed by atoms with Gasteiger partial charge in [-0.1, -0.05) is 12.1 Å². The van der Waals surface area contributed by atoms with Crippen molar-refractivity contribution in [1.29, 1.82) is 5.26 Å². The van der Waals surface area contributed by atoms with Gasteiger partial charge in [0.2, 0.25) is 11.8 Å². The van der Waals surface area contributed by atoms with Crippen LogP contribution < -0.4 is 25.2 Å². The highest BCUT2D eigenvalue weighted by Crippen LogP contribution is 2.37. The normalized spacial score (nSPS) is 21.0. The van der Waals surface area contributed by atoms with E-state index in [0.29, 0.717) is 41.6 Å². The number of carbonyl (C=O) groups excluding carboxylic acids is 3. The first-order valence-electron chi connectivity index (χ1n) is 23.0. The molecular formula is C49H49F2N9O7S. The third-order valence-electron chi connectivity index (χ3n) is 14.1. The fourth-order valence-corrected chi connectivity index (χ4v) is 11.6. The molecule has 0 bridgehead atoms. The van der Waals surface area contributed by atoms with Gasteiger partial charge in [-0.2, -0.15) is 18.0 Å². The molecule has 0 unspecified atom stereocenters. The molecule has 0 saturated carbocycles. The zero-order valence-corrected chi connectivity index (χ0v) is 37.9. The maximum Gasteiger partial charge on any atom is 0.301 e. The molecule has 4 aromatic carbocycles. The molecule has 16 nitrogen and oxygen atoms in total. The highest BCUT2D eigenvalue weighted by molar-refractivity contribution is 7.90. The van der Waals surface area contributed by atoms with E-state index in [0.717, 1.165) is 91.7 Å². The van der Waals surface area contributed by atoms with Crippen LogP contribution >= 0.6 is 0 Å². The van der Waals surface area contributed by atoms with Gasteiger partial charge < -0.3 is 19.4 Å². The van der Waals surface area contributed by atoms with Crippen LogP contribution in [-0.4, -0.2) is 108 Å². The molecular weight excluding hydrogens is 897 g/mol. The summed E-state index contributed by atoms with van der Waals surface area (Å²) in [5.74, 6) is -1.46. The summed E-state index contributed by atoms with van der Waals surface area (Å²) < 4.78 is 65.4. The average Bonchev–Trinajstić information content (AvgIpc) is 3.93. The molecule has 352 valence electrons. The van der Waals surface area contributed by atoms with Crippen LogP contribution in [0.5, 0.6) is 11.5 Å². The SMILES string of the molecule is N#Cc1c(NS(=O)(=O)N2CC[C@@H](F)C2)ccc(F)c1Oc1ccc2ncn(-c3cccc(C4CCN(CC5CCN(c6ccc7c(c6)CN([C@H]6CCC(=O)NC6=O)C7=O)CC5)CC4)c3)c(=O)c2c1. The van der Waals surface area contributed by atoms with Crippen molar-refractivity contribution < 1.29 is 36.3 Å². The second kappa shape index (κ2) is 18.4. The number of ether oxygens (including phenoxy) is 1. The second-order valence-electron chi connectivity index (χ2n) is 18.3. The van der Waals surface area contributed by atoms with E-state index >= 15 is 4.39 Å². The number of anilines is 2. The summed E-state index contributed by atoms with van der Waals surface area (Å²) in [4.78, 5) is 62.4. The monoisotopic (exact) mass is 945 g/mol. The molecule has 5 aliphatic heterocycles. The van der Waals surface area contributed by atoms with Crippen LogP contribution in [-0.2, 0) is 26.3 Å². The quantitative estimate of drug-likeness (QED) is 0.154. The van der Waals surface area contributed by atoms with Gasteiger partial charge in [-0.3, -0.25) is 33.8 Å². The fraction of sp³-hybridized carbons (Fsp3) is 0.388. The van der Waals surface area contributed by atoms with Crippen LogP contribution in [0.2, 0.25) is 0 Å². The first kappa shape index (κ1) is 45.1. The molecule has 5 aromatic rings. The Morgan fingerprint density at radius 2 is 1.69 bits per heavy atom. The minimum atomic E-state index is -4.24. The van der Waals surface area contributed by atoms with E-state index in [1.165, 1.54) is 23.0 Å². The van der Waals surface area contributed by atoms with Gasteiger partial charge in [-0.25, -0.2) is 13.8 Å². The summed E-state index contributed by atoms with van der Waals surface area (Å²) in [6.07, 6.45) is 4.82. The van der Waals surface area contributed by atoms with Crippen molar-refractivity contribution in [3.8, 4) is 23.3 Å². The largest absolute Gasteiger partial charge is 0.453 e. The lowest BCUT2D eigenvalue weighted by Crippen LogP contribution is -2.52. The summed E-state index contributed by atoms with van der Waals surface area (Å²) in [6, 6.07) is 21.5. The van der Waals surface area contributed by atoms with Gasteiger partial charge in [0.1, 0.15) is 35.9 Å². The summed E-state index contributed by atoms with van der Waals surface area (Å²) >= 11 is 0. The van der Waals surface area contributed by atoms with Crippen LogP contribution in [0.4, 0.5) is 20.2 Å². The molecule has 0 radical (unpaired) electrons. The number of rotatable bonds is 11. The average molecular weight is 946 g/mol. The lowest BCUT2D eigenvalue weighted by molar-refractivity contribution is -0.136. The summed E-state index contributed by atoms with van der Waals surface area (Å²) in [5, 5.41) is 12.5. The lowest BCUT2D eigenvalue weighted by Gasteiger charge is -2.38. The number of carbonyl (C=O) groups is 3. The molecule has 2 atom stereocenters. The predicted octanol–water partition coefficient (Wildman–Crippen LogP) is 5.75. The zero-order chi connectivity index (χ0) is 47.3. The van der Waals surface area contributed by atoms with Crippen molar-refractivity contribution in [1.82, 2.24) is 29.0 Å². The van der Waals surface area contributed by atoms with Gasteiger partial charge in [0.15, 0.2) is 11.6 Å². The van der Waals surface area contributed by atoms with E-state index in [1.807, 2.05) is 36.4 Å². The minimum Gasteiger partial charge on any atom is -0.453 e. The number of imide groups is 1. The molecule has 0 aliphatic carbocycles. The number of hydrogen-bond donors (Lipinski definition) is 2. The van der Waals surface area contributed by atoms with E-state index in [1.54, 1.807) is 11.0 Å². The van der Waals surface area contributed by atoms with Crippen LogP contribution in [0.15, 0.2) is 83.9 Å². The van der Waals surface area contributed by atoms with Crippen molar-refractivity contribution in [2.45, 2.75) is 69.6 Å². The van der Waals surface area contributed by atoms with Crippen molar-refractivity contribution >= 4 is 50.2 Å². The van der Waals surface area contributed by atoms with E-state index in [4.69, 9.17) is 4.74 Å². The Balaban J connectivity index is 0.753. The van der Waals surface area contributed by atoms with Crippen LogP contribution in [0.1, 0.15) is 77.9 Å². The van der Waals surface area contributed by atoms with E-state index in [9.17, 15) is 37.2 Å². The Labute approximate surface area is 391 Å². The Morgan fingerprint density at radius 1 is 0.882 bits per heavy atom. The Hall–Kier alpha value is -6.75. The van der Waals surface area contributed by atoms with E-state index < -0.39 is 45.5 Å². The molecule has 1 aromatic heterocycles. The number of halogens is 2. The number of amides is 3. The topological polar surface area (TPSA) is 190 Å². The maximum absolute atomic E-state index is 15.2. The molecule has 3 amide bonds. The molecule has 10 rings (SSSR count). The highest BCUT2D eigenvalue weighted by Gasteiger charge is 2.40. The molecule has 68 heavy (non-hydrogen) atoms. The predicted molar refractivity (Wildman–Crippen MR) is 248 cm³/mol. The van der Waals surface area contributed by atoms with Gasteiger partial charge in [0, 0.05) is 56.9 Å². The third kappa shape index (κ3) is 8.91. The van der Waals surface area contributed by atoms with E-state index in [2.05, 4.69) is 37.0 Å². The number of nitrogens with one attached hydrogen (secondary N) is 2. The standard InChI is InChI=1S/C49H49F2N9O7S/c50-34-16-21-58(28-34)68(65,66)55-43-9-7-41(51)46(40(43)25-52)67-37-5-8-42-39(24-37)49(64)60(29-53-42)36-3-1-2-32(22-36)31-14-17-56(18-15-31)26-30-12-19-57(20-13-30)35-4-6-38-33(23-35)27-59(48(38)63)44-10-11-45(61)54-47(44)62/h1-9,22-24,29-31,34,44,55H,10-21,26-28H2,(H,54,61,62)/t34-,44+/m1/s1. The maximum atomic E-state index is 15.2. The number of likely N-dealkylation sites (tertiary alicyclic amines) is 1. The van der Waals surface area contributed by atoms with Gasteiger partial charge in [0.05, 0.1) is 22.3 Å². The number of alkyl halides is 1. The molecule has 4 fully saturated rings. The van der Waals surface area contributed by atoms with Crippen LogP contribution in [0.25, 0.3) is 16.6 Å². The second-order valence-corrected chi connectivity index (χ2v) is 20.0. The number of piperidine rings is 3. The van der Waals surface area contributed by atoms with Crippen molar-refractivity contribution in [3.05, 3.63) is 118 Å². The summed E-state index contributed by atoms with van der Waals surface area (Å²) in [6.45, 7) is 4.76. The smallest absolute Gasteiger partial charge is 0.301 e. The number of nitrogens with zero attached hydrogens (tertiary/aromatic N) is 7. The Morgan fingerprint density at radius 3 is 2.44 bits per heavy atom. The Bertz CT molecular complexity index is 3060. The third-order valence-corrected chi connectivity index (χ3v) is 15.5. The van der Waals surface area contributed by atoms with E-state index in [-0.39, 0.29) is 60.1 Å². The molecule has 2 N–H and O–H groups in total. The first-order valence-corrected chi connectivity index (χ1v) is 24.4. The van der Waals surface area contributed by atoms with Gasteiger partial charge >= 0.3 is 10.2 Å². The zero-order valence-electron chi connectivity index (χ0n) is 37.1. The van der Waals surface area contributed by atoms with Crippen LogP contribution in [0.3, 0.4) is 0 Å². The number of fused-ring (bicyclic) bond motifs is 2. The van der Waals surface area contributed by atoms with Gasteiger partial charge in [-0.05, 0) is 135 Å². The molecule has 6 heterocycles. The number of benzene rings is 4. The fourth-order valence-electron chi connectivity index (χ4n) is 10.3. The lowest BCUT2D eigenvalue weighted by atomic mass is 9.88. The first-order chi connectivity index (χ1) is 32.8. The molecule has 0 spiro atoms. The van der Waals surface area contributed by atoms with Crippen LogP contribution in [0, 0.1) is 23.1 Å². The number of aromatic nitrogens is 2. The highest BCUT2D eigenvalue weighted by atomic mass is 32.2. The van der Waals surface area contributed by atoms with Gasteiger partial charge in [0.25, 0.3) is 11.5 Å². The van der Waals surface area contributed by atoms with Crippen molar-refractivity contribution in [2.24, 2.45) is 5.92 Å².